The molecule has 1 aromatic rings. The number of carbonyl (C=O) groups excluding carboxylic acids is 2. The molecular formula is C15H21N3O2. The van der Waals surface area contributed by atoms with Crippen molar-refractivity contribution in [3.8, 4) is 0 Å². The Balaban J connectivity index is 1.73. The van der Waals surface area contributed by atoms with E-state index < -0.39 is 0 Å². The number of rotatable bonds is 5. The van der Waals surface area contributed by atoms with Crippen LogP contribution in [0.2, 0.25) is 0 Å². The van der Waals surface area contributed by atoms with Crippen molar-refractivity contribution >= 4 is 23.2 Å². The molecule has 0 radical (unpaired) electrons. The van der Waals surface area contributed by atoms with Gasteiger partial charge in [0.2, 0.25) is 11.8 Å². The smallest absolute Gasteiger partial charge is 0.224 e. The van der Waals surface area contributed by atoms with Crippen molar-refractivity contribution in [1.29, 1.82) is 0 Å². The van der Waals surface area contributed by atoms with Crippen LogP contribution in [0.3, 0.4) is 0 Å². The Morgan fingerprint density at radius 1 is 1.45 bits per heavy atom. The molecule has 0 saturated carbocycles. The van der Waals surface area contributed by atoms with E-state index >= 15 is 0 Å². The molecule has 0 aromatic heterocycles. The van der Waals surface area contributed by atoms with Gasteiger partial charge in [0.1, 0.15) is 0 Å². The molecule has 1 aliphatic rings. The van der Waals surface area contributed by atoms with Gasteiger partial charge in [0, 0.05) is 25.9 Å². The Hall–Kier alpha value is -2.04. The number of carbonyl (C=O) groups is 2. The van der Waals surface area contributed by atoms with Gasteiger partial charge in [0.05, 0.1) is 11.4 Å². The van der Waals surface area contributed by atoms with Crippen molar-refractivity contribution in [2.45, 2.75) is 26.2 Å². The van der Waals surface area contributed by atoms with Gasteiger partial charge in [-0.1, -0.05) is 19.1 Å². The van der Waals surface area contributed by atoms with Crippen LogP contribution < -0.4 is 11.1 Å². The van der Waals surface area contributed by atoms with Crippen LogP contribution in [0.25, 0.3) is 0 Å². The van der Waals surface area contributed by atoms with Crippen LogP contribution in [0.15, 0.2) is 24.3 Å². The van der Waals surface area contributed by atoms with E-state index in [1.807, 2.05) is 17.0 Å². The van der Waals surface area contributed by atoms with E-state index in [4.69, 9.17) is 5.73 Å². The number of nitrogen functional groups attached to an aromatic ring is 1. The number of nitrogens with one attached hydrogen (secondary N) is 1. The Morgan fingerprint density at radius 2 is 2.20 bits per heavy atom. The number of hydrogen-bond acceptors (Lipinski definition) is 3. The zero-order valence-electron chi connectivity index (χ0n) is 11.8. The normalized spacial score (nSPS) is 18.4. The molecule has 2 rings (SSSR count). The lowest BCUT2D eigenvalue weighted by atomic mass is 10.2. The molecular weight excluding hydrogens is 254 g/mol. The zero-order valence-corrected chi connectivity index (χ0v) is 11.8. The maximum absolute atomic E-state index is 11.8. The lowest BCUT2D eigenvalue weighted by Crippen LogP contribution is -2.27. The van der Waals surface area contributed by atoms with E-state index in [1.165, 1.54) is 0 Å². The van der Waals surface area contributed by atoms with Crippen LogP contribution in [-0.4, -0.2) is 29.8 Å². The Bertz CT molecular complexity index is 502. The molecule has 5 heteroatoms. The minimum absolute atomic E-state index is 0.0670. The minimum atomic E-state index is -0.0670. The molecule has 1 fully saturated rings. The summed E-state index contributed by atoms with van der Waals surface area (Å²) in [5.41, 5.74) is 6.96. The Morgan fingerprint density at radius 3 is 2.85 bits per heavy atom. The van der Waals surface area contributed by atoms with Gasteiger partial charge in [0.25, 0.3) is 0 Å². The summed E-state index contributed by atoms with van der Waals surface area (Å²) < 4.78 is 0. The predicted molar refractivity (Wildman–Crippen MR) is 79.1 cm³/mol. The van der Waals surface area contributed by atoms with Crippen LogP contribution in [0.5, 0.6) is 0 Å². The van der Waals surface area contributed by atoms with Crippen LogP contribution in [0.1, 0.15) is 26.2 Å². The highest BCUT2D eigenvalue weighted by Crippen LogP contribution is 2.18. The lowest BCUT2D eigenvalue weighted by Gasteiger charge is -2.15. The van der Waals surface area contributed by atoms with Crippen molar-refractivity contribution in [1.82, 2.24) is 4.90 Å². The summed E-state index contributed by atoms with van der Waals surface area (Å²) in [6.07, 6.45) is 1.70. The largest absolute Gasteiger partial charge is 0.397 e. The van der Waals surface area contributed by atoms with Gasteiger partial charge in [-0.2, -0.15) is 0 Å². The predicted octanol–water partition coefficient (Wildman–Crippen LogP) is 1.86. The SMILES string of the molecule is CC1CC(=O)N(CCCC(=O)Nc2ccccc2N)C1. The number of likely N-dealkylation sites (tertiary alicyclic amines) is 1. The van der Waals surface area contributed by atoms with Gasteiger partial charge >= 0.3 is 0 Å². The first-order chi connectivity index (χ1) is 9.56. The molecule has 0 bridgehead atoms. The van der Waals surface area contributed by atoms with E-state index in [2.05, 4.69) is 12.2 Å². The average molecular weight is 275 g/mol. The number of anilines is 2. The van der Waals surface area contributed by atoms with Gasteiger partial charge in [0.15, 0.2) is 0 Å². The quantitative estimate of drug-likeness (QED) is 0.805. The third-order valence-electron chi connectivity index (χ3n) is 3.47. The molecule has 3 N–H and O–H groups in total. The molecule has 1 saturated heterocycles. The molecule has 1 unspecified atom stereocenters. The second kappa shape index (κ2) is 6.41. The molecule has 20 heavy (non-hydrogen) atoms. The van der Waals surface area contributed by atoms with Crippen LogP contribution in [-0.2, 0) is 9.59 Å². The van der Waals surface area contributed by atoms with Crippen molar-refractivity contribution in [3.05, 3.63) is 24.3 Å². The van der Waals surface area contributed by atoms with Crippen molar-refractivity contribution in [3.63, 3.8) is 0 Å². The van der Waals surface area contributed by atoms with Gasteiger partial charge in [-0.3, -0.25) is 9.59 Å². The summed E-state index contributed by atoms with van der Waals surface area (Å²) in [5, 5.41) is 2.79. The zero-order chi connectivity index (χ0) is 14.5. The fourth-order valence-corrected chi connectivity index (χ4v) is 2.44. The molecule has 0 spiro atoms. The number of nitrogens with two attached hydrogens (primary N) is 1. The van der Waals surface area contributed by atoms with E-state index in [9.17, 15) is 9.59 Å². The van der Waals surface area contributed by atoms with Gasteiger partial charge in [-0.25, -0.2) is 0 Å². The van der Waals surface area contributed by atoms with Gasteiger partial charge in [-0.15, -0.1) is 0 Å². The first kappa shape index (κ1) is 14.4. The topological polar surface area (TPSA) is 75.4 Å². The molecule has 1 aliphatic heterocycles. The van der Waals surface area contributed by atoms with Crippen LogP contribution in [0, 0.1) is 5.92 Å². The molecule has 2 amide bonds. The Kier molecular flexibility index (Phi) is 4.61. The number of benzene rings is 1. The lowest BCUT2D eigenvalue weighted by molar-refractivity contribution is -0.128. The van der Waals surface area contributed by atoms with E-state index in [0.29, 0.717) is 43.1 Å². The molecule has 1 heterocycles. The highest BCUT2D eigenvalue weighted by atomic mass is 16.2. The standard InChI is InChI=1S/C15H21N3O2/c1-11-9-15(20)18(10-11)8-4-7-14(19)17-13-6-3-2-5-12(13)16/h2-3,5-6,11H,4,7-10,16H2,1H3,(H,17,19). The fraction of sp³-hybridized carbons (Fsp3) is 0.467. The first-order valence-electron chi connectivity index (χ1n) is 6.98. The number of para-hydroxylation sites is 2. The van der Waals surface area contributed by atoms with Crippen molar-refractivity contribution < 1.29 is 9.59 Å². The van der Waals surface area contributed by atoms with Crippen molar-refractivity contribution in [2.75, 3.05) is 24.1 Å². The van der Waals surface area contributed by atoms with Crippen LogP contribution >= 0.6 is 0 Å². The number of nitrogens with zero attached hydrogens (tertiary/aromatic N) is 1. The highest BCUT2D eigenvalue weighted by molar-refractivity contribution is 5.93. The third kappa shape index (κ3) is 3.73. The van der Waals surface area contributed by atoms with Crippen LogP contribution in [0.4, 0.5) is 11.4 Å². The molecule has 1 atom stereocenters. The summed E-state index contributed by atoms with van der Waals surface area (Å²) in [7, 11) is 0. The molecule has 108 valence electrons. The van der Waals surface area contributed by atoms with Gasteiger partial charge in [-0.05, 0) is 24.5 Å². The molecule has 1 aromatic carbocycles. The van der Waals surface area contributed by atoms with E-state index in [-0.39, 0.29) is 11.8 Å². The average Bonchev–Trinajstić information content (AvgIpc) is 2.71. The van der Waals surface area contributed by atoms with Crippen molar-refractivity contribution in [2.24, 2.45) is 5.92 Å². The monoisotopic (exact) mass is 275 g/mol. The summed E-state index contributed by atoms with van der Waals surface area (Å²) in [5.74, 6) is 0.563. The summed E-state index contributed by atoms with van der Waals surface area (Å²) >= 11 is 0. The Labute approximate surface area is 119 Å². The fourth-order valence-electron chi connectivity index (χ4n) is 2.44. The maximum Gasteiger partial charge on any atom is 0.224 e. The second-order valence-electron chi connectivity index (χ2n) is 5.39. The molecule has 5 nitrogen and oxygen atoms in total. The van der Waals surface area contributed by atoms with Gasteiger partial charge < -0.3 is 16.0 Å². The van der Waals surface area contributed by atoms with E-state index in [0.717, 1.165) is 6.54 Å². The number of hydrogen-bond donors (Lipinski definition) is 2. The summed E-state index contributed by atoms with van der Waals surface area (Å²) in [4.78, 5) is 25.3. The maximum atomic E-state index is 11.8. The second-order valence-corrected chi connectivity index (χ2v) is 5.39. The number of amides is 2. The molecule has 0 aliphatic carbocycles. The summed E-state index contributed by atoms with van der Waals surface area (Å²) in [6.45, 7) is 3.54. The third-order valence-corrected chi connectivity index (χ3v) is 3.47. The summed E-state index contributed by atoms with van der Waals surface area (Å²) in [6, 6.07) is 7.18. The highest BCUT2D eigenvalue weighted by Gasteiger charge is 2.25. The first-order valence-corrected chi connectivity index (χ1v) is 6.98. The minimum Gasteiger partial charge on any atom is -0.397 e. The van der Waals surface area contributed by atoms with E-state index in [1.54, 1.807) is 12.1 Å².